The molecular weight excluding hydrogens is 1230 g/mol. The van der Waals surface area contributed by atoms with Crippen molar-refractivity contribution in [3.05, 3.63) is 0 Å². The number of aliphatic hydroxyl groups is 1. The Balaban J connectivity index is 5.25. The van der Waals surface area contributed by atoms with Gasteiger partial charge in [-0.1, -0.05) is 337 Å². The van der Waals surface area contributed by atoms with E-state index in [9.17, 15) is 43.2 Å². The minimum absolute atomic E-state index is 0.107. The highest BCUT2D eigenvalue weighted by atomic mass is 31.2. The highest BCUT2D eigenvalue weighted by molar-refractivity contribution is 7.47. The first kappa shape index (κ1) is 92.1. The van der Waals surface area contributed by atoms with Gasteiger partial charge in [0, 0.05) is 25.7 Å². The average molecular weight is 1380 g/mol. The first-order valence-corrected chi connectivity index (χ1v) is 42.0. The topological polar surface area (TPSA) is 237 Å². The van der Waals surface area contributed by atoms with Gasteiger partial charge in [-0.25, -0.2) is 9.13 Å². The summed E-state index contributed by atoms with van der Waals surface area (Å²) in [5.74, 6) is -0.623. The molecule has 0 amide bonds. The van der Waals surface area contributed by atoms with Crippen molar-refractivity contribution in [3.63, 3.8) is 0 Å². The number of carbonyl (C=O) groups excluding carboxylic acids is 4. The molecule has 0 bridgehead atoms. The summed E-state index contributed by atoms with van der Waals surface area (Å²) in [6, 6.07) is 0. The summed E-state index contributed by atoms with van der Waals surface area (Å²) >= 11 is 0. The van der Waals surface area contributed by atoms with Crippen LogP contribution in [0.1, 0.15) is 388 Å². The molecule has 2 unspecified atom stereocenters. The Morgan fingerprint density at radius 3 is 0.723 bits per heavy atom. The number of carbonyl (C=O) groups is 4. The molecule has 0 aromatic heterocycles. The third-order valence-corrected chi connectivity index (χ3v) is 19.4. The van der Waals surface area contributed by atoms with Crippen molar-refractivity contribution in [2.24, 2.45) is 11.8 Å². The molecule has 0 aromatic rings. The van der Waals surface area contributed by atoms with Crippen LogP contribution in [0.5, 0.6) is 0 Å². The van der Waals surface area contributed by atoms with Crippen LogP contribution in [0.2, 0.25) is 0 Å². The van der Waals surface area contributed by atoms with Crippen LogP contribution >= 0.6 is 15.6 Å². The van der Waals surface area contributed by atoms with Crippen LogP contribution in [0.3, 0.4) is 0 Å². The summed E-state index contributed by atoms with van der Waals surface area (Å²) in [6.45, 7) is 9.56. The van der Waals surface area contributed by atoms with Crippen molar-refractivity contribution < 1.29 is 80.2 Å². The van der Waals surface area contributed by atoms with Gasteiger partial charge in [0.1, 0.15) is 19.3 Å². The second kappa shape index (κ2) is 66.9. The van der Waals surface area contributed by atoms with Gasteiger partial charge in [-0.05, 0) is 37.5 Å². The number of phosphoric acid groups is 2. The van der Waals surface area contributed by atoms with Gasteiger partial charge >= 0.3 is 39.5 Å². The molecule has 0 aliphatic heterocycles. The van der Waals surface area contributed by atoms with Crippen molar-refractivity contribution in [2.75, 3.05) is 39.6 Å². The second-order valence-electron chi connectivity index (χ2n) is 28.0. The number of phosphoric ester groups is 2. The number of esters is 4. The molecule has 17 nitrogen and oxygen atoms in total. The second-order valence-corrected chi connectivity index (χ2v) is 30.9. The molecule has 558 valence electrons. The summed E-state index contributed by atoms with van der Waals surface area (Å²) in [7, 11) is -9.91. The number of hydrogen-bond donors (Lipinski definition) is 3. The standard InChI is InChI=1S/C75H146O17P2/c1-7-9-11-13-15-17-19-21-25-29-33-39-45-51-57-72(77)85-63-70(91-74(79)60-54-48-41-35-31-27-23-24-28-32-37-43-49-55-67(3)4)65-89-93(81,82)87-61-69(76)62-88-94(83,84)90-66-71(64-86-73(78)58-52-46-42-36-38-44-50-56-68(5)6)92-75(80)59-53-47-40-34-30-26-22-20-18-16-14-12-10-8-2/h67-71,76H,7-66H2,1-6H3,(H,81,82)(H,83,84)/t69-,70-,71-/m1/s1. The van der Waals surface area contributed by atoms with E-state index < -0.39 is 97.5 Å². The molecule has 0 rings (SSSR count). The van der Waals surface area contributed by atoms with Crippen LogP contribution < -0.4 is 0 Å². The van der Waals surface area contributed by atoms with E-state index in [1.165, 1.54) is 199 Å². The highest BCUT2D eigenvalue weighted by Crippen LogP contribution is 2.45. The normalized spacial score (nSPS) is 14.0. The summed E-state index contributed by atoms with van der Waals surface area (Å²) in [5.41, 5.74) is 0. The van der Waals surface area contributed by atoms with Gasteiger partial charge in [0.25, 0.3) is 0 Å². The lowest BCUT2D eigenvalue weighted by Crippen LogP contribution is -2.30. The van der Waals surface area contributed by atoms with E-state index >= 15 is 0 Å². The fourth-order valence-electron chi connectivity index (χ4n) is 11.5. The average Bonchev–Trinajstić information content (AvgIpc) is 2.26. The fourth-order valence-corrected chi connectivity index (χ4v) is 13.1. The zero-order valence-electron chi connectivity index (χ0n) is 61.3. The van der Waals surface area contributed by atoms with Crippen molar-refractivity contribution in [3.8, 4) is 0 Å². The number of ether oxygens (including phenoxy) is 4. The van der Waals surface area contributed by atoms with E-state index in [2.05, 4.69) is 41.5 Å². The molecule has 0 heterocycles. The lowest BCUT2D eigenvalue weighted by Gasteiger charge is -2.21. The number of rotatable bonds is 74. The molecule has 0 aliphatic rings. The van der Waals surface area contributed by atoms with E-state index in [4.69, 9.17) is 37.0 Å². The predicted molar refractivity (Wildman–Crippen MR) is 381 cm³/mol. The minimum atomic E-state index is -4.96. The summed E-state index contributed by atoms with van der Waals surface area (Å²) in [6.07, 6.45) is 54.0. The Morgan fingerprint density at radius 2 is 0.489 bits per heavy atom. The first-order valence-electron chi connectivity index (χ1n) is 39.0. The van der Waals surface area contributed by atoms with Crippen molar-refractivity contribution in [2.45, 2.75) is 407 Å². The molecule has 94 heavy (non-hydrogen) atoms. The van der Waals surface area contributed by atoms with E-state index in [0.29, 0.717) is 31.6 Å². The maximum absolute atomic E-state index is 13.1. The van der Waals surface area contributed by atoms with Crippen molar-refractivity contribution in [1.82, 2.24) is 0 Å². The van der Waals surface area contributed by atoms with Crippen LogP contribution in [0.25, 0.3) is 0 Å². The predicted octanol–water partition coefficient (Wildman–Crippen LogP) is 21.9. The first-order chi connectivity index (χ1) is 45.4. The Morgan fingerprint density at radius 1 is 0.287 bits per heavy atom. The molecule has 5 atom stereocenters. The number of unbranched alkanes of at least 4 members (excludes halogenated alkanes) is 44. The smallest absolute Gasteiger partial charge is 0.462 e. The van der Waals surface area contributed by atoms with Crippen molar-refractivity contribution >= 4 is 39.5 Å². The quantitative estimate of drug-likeness (QED) is 0.0222. The molecule has 0 saturated heterocycles. The highest BCUT2D eigenvalue weighted by Gasteiger charge is 2.30. The van der Waals surface area contributed by atoms with E-state index in [1.54, 1.807) is 0 Å². The van der Waals surface area contributed by atoms with Gasteiger partial charge in [-0.3, -0.25) is 37.3 Å². The third kappa shape index (κ3) is 68.6. The maximum atomic E-state index is 13.1. The third-order valence-electron chi connectivity index (χ3n) is 17.5. The molecular formula is C75H146O17P2. The summed E-state index contributed by atoms with van der Waals surface area (Å²) < 4.78 is 68.5. The van der Waals surface area contributed by atoms with Gasteiger partial charge in [0.15, 0.2) is 12.2 Å². The van der Waals surface area contributed by atoms with E-state index in [-0.39, 0.29) is 25.7 Å². The van der Waals surface area contributed by atoms with E-state index in [1.807, 2.05) is 0 Å². The minimum Gasteiger partial charge on any atom is -0.462 e. The van der Waals surface area contributed by atoms with Gasteiger partial charge in [-0.15, -0.1) is 0 Å². The SMILES string of the molecule is CCCCCCCCCCCCCCCCC(=O)OC[C@H](COP(=O)(O)OC[C@@H](O)COP(=O)(O)OC[C@@H](COC(=O)CCCCCCCCCC(C)C)OC(=O)CCCCCCCCCCCCCCCC)OC(=O)CCCCCCCCCCCCCCCC(C)C. The van der Waals surface area contributed by atoms with Gasteiger partial charge in [0.05, 0.1) is 26.4 Å². The zero-order valence-corrected chi connectivity index (χ0v) is 63.1. The molecule has 0 aromatic carbocycles. The molecule has 3 N–H and O–H groups in total. The molecule has 0 spiro atoms. The lowest BCUT2D eigenvalue weighted by molar-refractivity contribution is -0.161. The molecule has 0 aliphatic carbocycles. The van der Waals surface area contributed by atoms with Crippen LogP contribution in [0, 0.1) is 11.8 Å². The maximum Gasteiger partial charge on any atom is 0.472 e. The summed E-state index contributed by atoms with van der Waals surface area (Å²) in [5, 5.41) is 10.6. The molecule has 0 radical (unpaired) electrons. The zero-order chi connectivity index (χ0) is 69.3. The van der Waals surface area contributed by atoms with Crippen LogP contribution in [-0.4, -0.2) is 96.7 Å². The van der Waals surface area contributed by atoms with Crippen LogP contribution in [0.4, 0.5) is 0 Å². The van der Waals surface area contributed by atoms with Gasteiger partial charge in [0.2, 0.25) is 0 Å². The Labute approximate surface area is 575 Å². The molecule has 0 saturated carbocycles. The van der Waals surface area contributed by atoms with Gasteiger partial charge in [-0.2, -0.15) is 0 Å². The monoisotopic (exact) mass is 1380 g/mol. The Hall–Kier alpha value is -1.94. The van der Waals surface area contributed by atoms with Crippen LogP contribution in [0.15, 0.2) is 0 Å². The van der Waals surface area contributed by atoms with Crippen molar-refractivity contribution in [1.29, 1.82) is 0 Å². The summed E-state index contributed by atoms with van der Waals surface area (Å²) in [4.78, 5) is 72.8. The van der Waals surface area contributed by atoms with Crippen LogP contribution in [-0.2, 0) is 65.4 Å². The number of aliphatic hydroxyl groups excluding tert-OH is 1. The largest absolute Gasteiger partial charge is 0.472 e. The van der Waals surface area contributed by atoms with E-state index in [0.717, 1.165) is 102 Å². The lowest BCUT2D eigenvalue weighted by atomic mass is 10.0. The molecule has 19 heteroatoms. The Bertz CT molecular complexity index is 1820. The molecule has 0 fully saturated rings. The Kier molecular flexibility index (Phi) is 65.5. The fraction of sp³-hybridized carbons (Fsp3) is 0.947. The number of hydrogen-bond acceptors (Lipinski definition) is 15. The van der Waals surface area contributed by atoms with Gasteiger partial charge < -0.3 is 33.8 Å².